The lowest BCUT2D eigenvalue weighted by Gasteiger charge is -2.33. The third-order valence-electron chi connectivity index (χ3n) is 4.39. The van der Waals surface area contributed by atoms with Crippen LogP contribution in [0, 0.1) is 13.8 Å². The third kappa shape index (κ3) is 4.34. The fourth-order valence-electron chi connectivity index (χ4n) is 3.00. The smallest absolute Gasteiger partial charge is 0.224 e. The summed E-state index contributed by atoms with van der Waals surface area (Å²) in [5.41, 5.74) is 3.02. The van der Waals surface area contributed by atoms with Crippen LogP contribution < -0.4 is 4.90 Å². The standard InChI is InChI=1S/C18H25N3O3/c1-14-4-5-17(15(2)12-14)21(16(3)23)7-6-18(24)20-10-8-19(13-22)9-11-20/h4-5,12-13H,6-11H2,1-3H3. The van der Waals surface area contributed by atoms with Crippen molar-refractivity contribution in [3.63, 3.8) is 0 Å². The molecule has 2 rings (SSSR count). The van der Waals surface area contributed by atoms with Crippen LogP contribution in [0.3, 0.4) is 0 Å². The molecular weight excluding hydrogens is 306 g/mol. The zero-order chi connectivity index (χ0) is 17.7. The summed E-state index contributed by atoms with van der Waals surface area (Å²) in [5.74, 6) is -0.0444. The van der Waals surface area contributed by atoms with E-state index in [1.165, 1.54) is 6.92 Å². The molecule has 130 valence electrons. The number of aryl methyl sites for hydroxylation is 2. The number of carbonyl (C=O) groups excluding carboxylic acids is 3. The van der Waals surface area contributed by atoms with E-state index in [9.17, 15) is 14.4 Å². The highest BCUT2D eigenvalue weighted by atomic mass is 16.2. The number of nitrogens with zero attached hydrogens (tertiary/aromatic N) is 3. The molecule has 0 spiro atoms. The maximum Gasteiger partial charge on any atom is 0.224 e. The van der Waals surface area contributed by atoms with Gasteiger partial charge < -0.3 is 14.7 Å². The number of carbonyl (C=O) groups is 3. The molecule has 0 atom stereocenters. The molecule has 0 saturated carbocycles. The van der Waals surface area contributed by atoms with Crippen LogP contribution in [-0.4, -0.2) is 60.7 Å². The van der Waals surface area contributed by atoms with E-state index in [-0.39, 0.29) is 18.2 Å². The number of hydrogen-bond donors (Lipinski definition) is 0. The molecule has 0 aromatic heterocycles. The van der Waals surface area contributed by atoms with E-state index in [0.717, 1.165) is 23.2 Å². The molecule has 0 aliphatic carbocycles. The first-order chi connectivity index (χ1) is 11.4. The van der Waals surface area contributed by atoms with Gasteiger partial charge in [0.25, 0.3) is 0 Å². The van der Waals surface area contributed by atoms with Crippen molar-refractivity contribution in [1.29, 1.82) is 0 Å². The van der Waals surface area contributed by atoms with Crippen LogP contribution in [0.4, 0.5) is 5.69 Å². The van der Waals surface area contributed by atoms with Gasteiger partial charge in [0.2, 0.25) is 18.2 Å². The second kappa shape index (κ2) is 7.95. The van der Waals surface area contributed by atoms with Gasteiger partial charge in [-0.05, 0) is 25.5 Å². The van der Waals surface area contributed by atoms with Crippen LogP contribution in [0.5, 0.6) is 0 Å². The Labute approximate surface area is 143 Å². The molecule has 1 aromatic carbocycles. The number of amides is 3. The Morgan fingerprint density at radius 1 is 1.17 bits per heavy atom. The van der Waals surface area contributed by atoms with Crippen molar-refractivity contribution in [3.05, 3.63) is 29.3 Å². The predicted octanol–water partition coefficient (Wildman–Crippen LogP) is 1.35. The van der Waals surface area contributed by atoms with Crippen LogP contribution in [0.15, 0.2) is 18.2 Å². The fraction of sp³-hybridized carbons (Fsp3) is 0.500. The SMILES string of the molecule is CC(=O)N(CCC(=O)N1CCN(C=O)CC1)c1ccc(C)cc1C. The summed E-state index contributed by atoms with van der Waals surface area (Å²) in [7, 11) is 0. The Kier molecular flexibility index (Phi) is 5.95. The van der Waals surface area contributed by atoms with Gasteiger partial charge in [0, 0.05) is 51.8 Å². The molecule has 1 aliphatic heterocycles. The minimum absolute atomic E-state index is 0.0246. The number of benzene rings is 1. The van der Waals surface area contributed by atoms with E-state index in [2.05, 4.69) is 0 Å². The molecule has 24 heavy (non-hydrogen) atoms. The topological polar surface area (TPSA) is 60.9 Å². The van der Waals surface area contributed by atoms with Gasteiger partial charge in [-0.2, -0.15) is 0 Å². The van der Waals surface area contributed by atoms with Crippen molar-refractivity contribution >= 4 is 23.9 Å². The molecule has 6 nitrogen and oxygen atoms in total. The van der Waals surface area contributed by atoms with Gasteiger partial charge in [-0.1, -0.05) is 17.7 Å². The van der Waals surface area contributed by atoms with Crippen LogP contribution in [0.2, 0.25) is 0 Å². The zero-order valence-electron chi connectivity index (χ0n) is 14.6. The second-order valence-corrected chi connectivity index (χ2v) is 6.23. The molecule has 3 amide bonds. The Balaban J connectivity index is 1.98. The number of rotatable bonds is 5. The zero-order valence-corrected chi connectivity index (χ0v) is 14.6. The van der Waals surface area contributed by atoms with E-state index in [0.29, 0.717) is 32.7 Å². The van der Waals surface area contributed by atoms with E-state index in [4.69, 9.17) is 0 Å². The second-order valence-electron chi connectivity index (χ2n) is 6.23. The summed E-state index contributed by atoms with van der Waals surface area (Å²) >= 11 is 0. The average molecular weight is 331 g/mol. The Hall–Kier alpha value is -2.37. The van der Waals surface area contributed by atoms with Gasteiger partial charge in [-0.15, -0.1) is 0 Å². The highest BCUT2D eigenvalue weighted by Gasteiger charge is 2.22. The molecule has 6 heteroatoms. The monoisotopic (exact) mass is 331 g/mol. The molecule has 1 heterocycles. The van der Waals surface area contributed by atoms with Crippen LogP contribution in [0.1, 0.15) is 24.5 Å². The van der Waals surface area contributed by atoms with Gasteiger partial charge in [-0.25, -0.2) is 0 Å². The molecule has 1 saturated heterocycles. The molecule has 0 N–H and O–H groups in total. The number of anilines is 1. The summed E-state index contributed by atoms with van der Waals surface area (Å²) in [6, 6.07) is 5.93. The number of hydrogen-bond acceptors (Lipinski definition) is 3. The van der Waals surface area contributed by atoms with Crippen LogP contribution in [0.25, 0.3) is 0 Å². The minimum atomic E-state index is -0.0690. The summed E-state index contributed by atoms with van der Waals surface area (Å²) in [6.45, 7) is 8.13. The largest absolute Gasteiger partial charge is 0.342 e. The summed E-state index contributed by atoms with van der Waals surface area (Å²) in [5, 5.41) is 0. The third-order valence-corrected chi connectivity index (χ3v) is 4.39. The van der Waals surface area contributed by atoms with Crippen molar-refractivity contribution < 1.29 is 14.4 Å². The fourth-order valence-corrected chi connectivity index (χ4v) is 3.00. The minimum Gasteiger partial charge on any atom is -0.342 e. The van der Waals surface area contributed by atoms with Gasteiger partial charge >= 0.3 is 0 Å². The Morgan fingerprint density at radius 3 is 2.38 bits per heavy atom. The first-order valence-electron chi connectivity index (χ1n) is 8.25. The summed E-state index contributed by atoms with van der Waals surface area (Å²) in [4.78, 5) is 40.2. The molecule has 0 unspecified atom stereocenters. The predicted molar refractivity (Wildman–Crippen MR) is 92.8 cm³/mol. The van der Waals surface area contributed by atoms with Gasteiger partial charge in [0.05, 0.1) is 0 Å². The lowest BCUT2D eigenvalue weighted by Crippen LogP contribution is -2.48. The molecule has 1 aromatic rings. The lowest BCUT2D eigenvalue weighted by molar-refractivity contribution is -0.135. The highest BCUT2D eigenvalue weighted by molar-refractivity contribution is 5.93. The van der Waals surface area contributed by atoms with Crippen molar-refractivity contribution in [2.75, 3.05) is 37.6 Å². The molecule has 1 fully saturated rings. The summed E-state index contributed by atoms with van der Waals surface area (Å²) in [6.07, 6.45) is 1.10. The van der Waals surface area contributed by atoms with E-state index in [1.54, 1.807) is 14.7 Å². The van der Waals surface area contributed by atoms with Crippen molar-refractivity contribution in [3.8, 4) is 0 Å². The van der Waals surface area contributed by atoms with Gasteiger partial charge in [0.15, 0.2) is 0 Å². The first-order valence-corrected chi connectivity index (χ1v) is 8.25. The lowest BCUT2D eigenvalue weighted by atomic mass is 10.1. The van der Waals surface area contributed by atoms with Crippen LogP contribution >= 0.6 is 0 Å². The van der Waals surface area contributed by atoms with Gasteiger partial charge in [0.1, 0.15) is 0 Å². The Bertz CT molecular complexity index is 622. The van der Waals surface area contributed by atoms with Crippen molar-refractivity contribution in [2.24, 2.45) is 0 Å². The van der Waals surface area contributed by atoms with E-state index < -0.39 is 0 Å². The highest BCUT2D eigenvalue weighted by Crippen LogP contribution is 2.22. The molecule has 0 bridgehead atoms. The number of piperazine rings is 1. The quantitative estimate of drug-likeness (QED) is 0.765. The molecular formula is C18H25N3O3. The first kappa shape index (κ1) is 18.0. The van der Waals surface area contributed by atoms with Crippen LogP contribution in [-0.2, 0) is 14.4 Å². The van der Waals surface area contributed by atoms with E-state index >= 15 is 0 Å². The average Bonchev–Trinajstić information content (AvgIpc) is 2.56. The van der Waals surface area contributed by atoms with Crippen molar-refractivity contribution in [2.45, 2.75) is 27.2 Å². The Morgan fingerprint density at radius 2 is 1.83 bits per heavy atom. The molecule has 1 aliphatic rings. The van der Waals surface area contributed by atoms with Crippen molar-refractivity contribution in [1.82, 2.24) is 9.80 Å². The maximum absolute atomic E-state index is 12.4. The van der Waals surface area contributed by atoms with Gasteiger partial charge in [-0.3, -0.25) is 14.4 Å². The molecule has 0 radical (unpaired) electrons. The normalized spacial score (nSPS) is 14.5. The maximum atomic E-state index is 12.4. The summed E-state index contributed by atoms with van der Waals surface area (Å²) < 4.78 is 0. The van der Waals surface area contributed by atoms with E-state index in [1.807, 2.05) is 32.0 Å².